The van der Waals surface area contributed by atoms with E-state index in [-0.39, 0.29) is 11.4 Å². The van der Waals surface area contributed by atoms with E-state index in [9.17, 15) is 17.2 Å². The second-order valence-corrected chi connectivity index (χ2v) is 16.4. The molecule has 45 heavy (non-hydrogen) atoms. The number of benzene rings is 3. The van der Waals surface area contributed by atoms with Crippen molar-refractivity contribution in [2.45, 2.75) is 109 Å². The lowest BCUT2D eigenvalue weighted by molar-refractivity contribution is -0.221. The Hall–Kier alpha value is -2.50. The number of halogens is 2. The van der Waals surface area contributed by atoms with Crippen molar-refractivity contribution in [3.63, 3.8) is 0 Å². The molecule has 1 aliphatic carbocycles. The molecule has 1 aliphatic heterocycles. The van der Waals surface area contributed by atoms with Crippen molar-refractivity contribution in [2.24, 2.45) is 0 Å². The number of alkyl halides is 2. The molecule has 5 rings (SSSR count). The van der Waals surface area contributed by atoms with Gasteiger partial charge in [-0.25, -0.2) is 0 Å². The molecule has 3 aromatic carbocycles. The minimum atomic E-state index is -5.63. The van der Waals surface area contributed by atoms with E-state index in [1.807, 2.05) is 32.9 Å². The molecule has 2 aliphatic rings. The largest absolute Gasteiger partial charge is 0.483 e. The summed E-state index contributed by atoms with van der Waals surface area (Å²) in [6.07, 6.45) is 5.46. The summed E-state index contributed by atoms with van der Waals surface area (Å²) < 4.78 is 77.1. The monoisotopic (exact) mass is 661 g/mol. The summed E-state index contributed by atoms with van der Waals surface area (Å²) in [6, 6.07) is 24.0. The molecule has 244 valence electrons. The van der Waals surface area contributed by atoms with Gasteiger partial charge in [-0.3, -0.25) is 4.55 Å². The lowest BCUT2D eigenvalue weighted by Gasteiger charge is -2.41. The van der Waals surface area contributed by atoms with E-state index in [0.29, 0.717) is 19.1 Å². The molecule has 3 unspecified atom stereocenters. The molecule has 6 nitrogen and oxygen atoms in total. The van der Waals surface area contributed by atoms with Crippen molar-refractivity contribution in [1.82, 2.24) is 0 Å². The van der Waals surface area contributed by atoms with E-state index in [4.69, 9.17) is 18.8 Å². The van der Waals surface area contributed by atoms with Crippen LogP contribution in [0.3, 0.4) is 0 Å². The van der Waals surface area contributed by atoms with Gasteiger partial charge in [0.25, 0.3) is 0 Å². The second-order valence-electron chi connectivity index (χ2n) is 12.9. The molecule has 1 heterocycles. The summed E-state index contributed by atoms with van der Waals surface area (Å²) in [4.78, 5) is 3.13. The SMILES string of the molecule is CC(Oc1ccc([S+](c2ccc(C3CCCCCC3)cc2)c2ccc(C3(C)COC(C)(C)CO3)cc2)cc1)C(F)(F)S(=O)(=O)O. The fourth-order valence-corrected chi connectivity index (χ4v) is 8.40. The first-order valence-electron chi connectivity index (χ1n) is 15.5. The Kier molecular flexibility index (Phi) is 10.0. The van der Waals surface area contributed by atoms with Gasteiger partial charge in [0.05, 0.1) is 29.7 Å². The second kappa shape index (κ2) is 13.3. The van der Waals surface area contributed by atoms with Gasteiger partial charge in [0, 0.05) is 0 Å². The maximum Gasteiger partial charge on any atom is 0.405 e. The van der Waals surface area contributed by atoms with Gasteiger partial charge in [-0.2, -0.15) is 17.2 Å². The molecular weight excluding hydrogens is 619 g/mol. The lowest BCUT2D eigenvalue weighted by atomic mass is 9.92. The van der Waals surface area contributed by atoms with Crippen molar-refractivity contribution in [2.75, 3.05) is 13.2 Å². The highest BCUT2D eigenvalue weighted by Crippen LogP contribution is 2.38. The van der Waals surface area contributed by atoms with Crippen LogP contribution in [0.1, 0.15) is 83.3 Å². The maximum atomic E-state index is 14.1. The first-order chi connectivity index (χ1) is 21.2. The van der Waals surface area contributed by atoms with Crippen LogP contribution in [0.25, 0.3) is 0 Å². The average Bonchev–Trinajstić information content (AvgIpc) is 3.30. The molecule has 3 atom stereocenters. The fraction of sp³-hybridized carbons (Fsp3) is 0.486. The van der Waals surface area contributed by atoms with E-state index in [0.717, 1.165) is 27.2 Å². The highest BCUT2D eigenvalue weighted by Gasteiger charge is 2.51. The van der Waals surface area contributed by atoms with Gasteiger partial charge < -0.3 is 14.2 Å². The van der Waals surface area contributed by atoms with Crippen molar-refractivity contribution in [3.8, 4) is 5.75 Å². The van der Waals surface area contributed by atoms with Gasteiger partial charge in [-0.05, 0) is 106 Å². The zero-order valence-electron chi connectivity index (χ0n) is 26.3. The van der Waals surface area contributed by atoms with Gasteiger partial charge in [0.2, 0.25) is 0 Å². The Morgan fingerprint density at radius 3 is 1.82 bits per heavy atom. The van der Waals surface area contributed by atoms with Crippen LogP contribution in [-0.2, 0) is 36.1 Å². The minimum Gasteiger partial charge on any atom is -0.483 e. The minimum absolute atomic E-state index is 0.0717. The normalized spacial score (nSPS) is 22.7. The van der Waals surface area contributed by atoms with Gasteiger partial charge >= 0.3 is 15.4 Å². The summed E-state index contributed by atoms with van der Waals surface area (Å²) in [5.41, 5.74) is 1.49. The van der Waals surface area contributed by atoms with Crippen molar-refractivity contribution < 1.29 is 36.0 Å². The Morgan fingerprint density at radius 1 is 0.822 bits per heavy atom. The van der Waals surface area contributed by atoms with Crippen molar-refractivity contribution >= 4 is 21.0 Å². The number of hydrogen-bond donors (Lipinski definition) is 1. The lowest BCUT2D eigenvalue weighted by Crippen LogP contribution is -2.47. The predicted octanol–water partition coefficient (Wildman–Crippen LogP) is 8.51. The Morgan fingerprint density at radius 2 is 1.33 bits per heavy atom. The van der Waals surface area contributed by atoms with E-state index in [1.54, 1.807) is 12.1 Å². The molecule has 1 N–H and O–H groups in total. The predicted molar refractivity (Wildman–Crippen MR) is 172 cm³/mol. The molecule has 10 heteroatoms. The molecule has 0 bridgehead atoms. The smallest absolute Gasteiger partial charge is 0.405 e. The Balaban J connectivity index is 1.44. The topological polar surface area (TPSA) is 82.1 Å². The van der Waals surface area contributed by atoms with E-state index < -0.39 is 38.0 Å². The van der Waals surface area contributed by atoms with Crippen LogP contribution < -0.4 is 4.74 Å². The number of hydrogen-bond acceptors (Lipinski definition) is 5. The first kappa shape index (κ1) is 33.9. The zero-order chi connectivity index (χ0) is 32.5. The van der Waals surface area contributed by atoms with E-state index in [2.05, 4.69) is 48.5 Å². The van der Waals surface area contributed by atoms with Crippen LogP contribution in [0.5, 0.6) is 5.75 Å². The number of ether oxygens (including phenoxy) is 3. The fourth-order valence-electron chi connectivity index (χ4n) is 5.89. The zero-order valence-corrected chi connectivity index (χ0v) is 27.9. The summed E-state index contributed by atoms with van der Waals surface area (Å²) in [6.45, 7) is 7.91. The van der Waals surface area contributed by atoms with Crippen LogP contribution in [0, 0.1) is 0 Å². The summed E-state index contributed by atoms with van der Waals surface area (Å²) in [7, 11) is -6.16. The van der Waals surface area contributed by atoms with Crippen LogP contribution in [0.15, 0.2) is 87.5 Å². The van der Waals surface area contributed by atoms with E-state index >= 15 is 0 Å². The molecule has 1 saturated carbocycles. The molecular formula is C35H43F2O6S2+. The molecule has 2 fully saturated rings. The summed E-state index contributed by atoms with van der Waals surface area (Å²) in [5, 5.41) is -4.45. The van der Waals surface area contributed by atoms with Gasteiger partial charge in [-0.15, -0.1) is 0 Å². The molecule has 0 aromatic heterocycles. The highest BCUT2D eigenvalue weighted by atomic mass is 32.2. The van der Waals surface area contributed by atoms with Crippen LogP contribution in [0.4, 0.5) is 8.78 Å². The van der Waals surface area contributed by atoms with Crippen molar-refractivity contribution in [3.05, 3.63) is 83.9 Å². The van der Waals surface area contributed by atoms with E-state index in [1.165, 1.54) is 44.1 Å². The third-order valence-electron chi connectivity index (χ3n) is 8.81. The maximum absolute atomic E-state index is 14.1. The van der Waals surface area contributed by atoms with Gasteiger partial charge in [0.1, 0.15) is 11.4 Å². The summed E-state index contributed by atoms with van der Waals surface area (Å²) >= 11 is 0. The first-order valence-corrected chi connectivity index (χ1v) is 18.2. The molecule has 0 amide bonds. The van der Waals surface area contributed by atoms with Gasteiger partial charge in [0.15, 0.2) is 20.8 Å². The third-order valence-corrected chi connectivity index (χ3v) is 12.1. The van der Waals surface area contributed by atoms with Crippen molar-refractivity contribution in [1.29, 1.82) is 0 Å². The van der Waals surface area contributed by atoms with Crippen LogP contribution in [0.2, 0.25) is 0 Å². The standard InChI is InChI=1S/C35H42F2O6S2/c1-25(35(36,37)45(38,39)40)43-29-15-21-32(22-16-29)44(30-17-11-27(12-18-30)26-9-7-5-6-8-10-26)31-19-13-28(14-20-31)34(4)24-41-33(2,3)23-42-34/h11-22,25-26H,5-10,23-24H2,1-4H3/p+1. The Labute approximate surface area is 268 Å². The summed E-state index contributed by atoms with van der Waals surface area (Å²) in [5.74, 6) is 0.646. The molecule has 3 aromatic rings. The third kappa shape index (κ3) is 7.73. The quantitative estimate of drug-likeness (QED) is 0.141. The molecule has 0 radical (unpaired) electrons. The van der Waals surface area contributed by atoms with Crippen LogP contribution in [-0.4, -0.2) is 43.1 Å². The number of rotatable bonds is 9. The average molecular weight is 662 g/mol. The Bertz CT molecular complexity index is 1520. The van der Waals surface area contributed by atoms with Crippen LogP contribution >= 0.6 is 0 Å². The molecule has 1 saturated heterocycles. The van der Waals surface area contributed by atoms with Gasteiger partial charge in [-0.1, -0.05) is 49.9 Å². The highest BCUT2D eigenvalue weighted by molar-refractivity contribution is 7.97. The molecule has 0 spiro atoms.